The Kier molecular flexibility index (Phi) is 4.81. The molecule has 6 heteroatoms. The molecule has 2 aromatic rings. The van der Waals surface area contributed by atoms with Gasteiger partial charge < -0.3 is 4.74 Å². The van der Waals surface area contributed by atoms with E-state index < -0.39 is 5.97 Å². The van der Waals surface area contributed by atoms with Crippen molar-refractivity contribution in [3.63, 3.8) is 0 Å². The van der Waals surface area contributed by atoms with Crippen LogP contribution in [0.3, 0.4) is 0 Å². The quantitative estimate of drug-likeness (QED) is 0.313. The maximum Gasteiger partial charge on any atom is 0.338 e. The van der Waals surface area contributed by atoms with E-state index >= 15 is 0 Å². The highest BCUT2D eigenvalue weighted by molar-refractivity contribution is 6.23. The van der Waals surface area contributed by atoms with E-state index in [-0.39, 0.29) is 53.4 Å². The van der Waals surface area contributed by atoms with Gasteiger partial charge in [-0.25, -0.2) is 9.69 Å². The zero-order valence-electron chi connectivity index (χ0n) is 17.9. The number of hydrogen-bond donors (Lipinski definition) is 0. The molecule has 1 aliphatic heterocycles. The van der Waals surface area contributed by atoms with Crippen molar-refractivity contribution in [1.82, 2.24) is 0 Å². The Morgan fingerprint density at radius 1 is 0.969 bits per heavy atom. The number of Topliss-reactive ketones (excluding diaryl/α,β-unsaturated/α-hetero) is 1. The summed E-state index contributed by atoms with van der Waals surface area (Å²) in [6.45, 7) is 3.56. The molecule has 1 saturated heterocycles. The van der Waals surface area contributed by atoms with Crippen molar-refractivity contribution in [2.24, 2.45) is 23.7 Å². The van der Waals surface area contributed by atoms with Crippen molar-refractivity contribution >= 4 is 29.3 Å². The summed E-state index contributed by atoms with van der Waals surface area (Å²) in [5.74, 6) is -1.73. The minimum Gasteiger partial charge on any atom is -0.454 e. The van der Waals surface area contributed by atoms with Crippen LogP contribution < -0.4 is 4.90 Å². The van der Waals surface area contributed by atoms with Gasteiger partial charge in [0.15, 0.2) is 12.4 Å². The van der Waals surface area contributed by atoms with Gasteiger partial charge in [0.1, 0.15) is 0 Å². The maximum atomic E-state index is 13.1. The van der Waals surface area contributed by atoms with E-state index in [9.17, 15) is 19.2 Å². The van der Waals surface area contributed by atoms with Crippen LogP contribution in [-0.4, -0.2) is 30.2 Å². The van der Waals surface area contributed by atoms with Gasteiger partial charge in [-0.2, -0.15) is 0 Å². The molecule has 2 aliphatic carbocycles. The van der Waals surface area contributed by atoms with Crippen LogP contribution in [-0.2, 0) is 14.3 Å². The molecule has 162 valence electrons. The van der Waals surface area contributed by atoms with Gasteiger partial charge in [-0.05, 0) is 50.3 Å². The SMILES string of the molecule is CC1=C[C@H]2C[C@H]1[C@@H]1C(=O)N(c3cccc(C(=O)OCC(=O)c4ccc(C)cc4)c3)C(=O)[C@@H]12. The highest BCUT2D eigenvalue weighted by atomic mass is 16.5. The minimum absolute atomic E-state index is 0.118. The number of amides is 2. The summed E-state index contributed by atoms with van der Waals surface area (Å²) >= 11 is 0. The molecule has 1 saturated carbocycles. The molecule has 32 heavy (non-hydrogen) atoms. The third-order valence-electron chi connectivity index (χ3n) is 6.93. The number of benzene rings is 2. The normalized spacial score (nSPS) is 25.7. The molecule has 0 radical (unpaired) electrons. The largest absolute Gasteiger partial charge is 0.454 e. The molecule has 2 amide bonds. The van der Waals surface area contributed by atoms with E-state index in [0.717, 1.165) is 12.0 Å². The van der Waals surface area contributed by atoms with Crippen LogP contribution in [0.2, 0.25) is 0 Å². The lowest BCUT2D eigenvalue weighted by molar-refractivity contribution is -0.123. The number of ether oxygens (including phenoxy) is 1. The summed E-state index contributed by atoms with van der Waals surface area (Å²) in [6, 6.07) is 13.3. The highest BCUT2D eigenvalue weighted by Crippen LogP contribution is 2.55. The summed E-state index contributed by atoms with van der Waals surface area (Å²) in [4.78, 5) is 52.3. The number of rotatable bonds is 5. The number of nitrogens with zero attached hydrogens (tertiary/aromatic N) is 1. The van der Waals surface area contributed by atoms with Crippen molar-refractivity contribution in [3.8, 4) is 0 Å². The molecule has 6 nitrogen and oxygen atoms in total. The van der Waals surface area contributed by atoms with Crippen LogP contribution in [0.25, 0.3) is 0 Å². The van der Waals surface area contributed by atoms with Gasteiger partial charge in [-0.1, -0.05) is 47.5 Å². The first-order chi connectivity index (χ1) is 15.3. The van der Waals surface area contributed by atoms with Crippen molar-refractivity contribution < 1.29 is 23.9 Å². The van der Waals surface area contributed by atoms with Crippen LogP contribution in [0.4, 0.5) is 5.69 Å². The van der Waals surface area contributed by atoms with Gasteiger partial charge in [-0.3, -0.25) is 14.4 Å². The van der Waals surface area contributed by atoms with Crippen LogP contribution >= 0.6 is 0 Å². The lowest BCUT2D eigenvalue weighted by Crippen LogP contribution is -2.33. The molecule has 0 aromatic heterocycles. The Bertz CT molecular complexity index is 1180. The van der Waals surface area contributed by atoms with Crippen LogP contribution in [0.5, 0.6) is 0 Å². The predicted octanol–water partition coefficient (Wildman–Crippen LogP) is 3.74. The minimum atomic E-state index is -0.677. The second-order valence-corrected chi connectivity index (χ2v) is 8.90. The standard InChI is InChI=1S/C26H23NO5/c1-14-6-8-16(9-7-14)21(28)13-32-26(31)17-4-3-5-19(11-17)27-24(29)22-18-10-15(2)20(12-18)23(22)25(27)30/h3-11,18,20,22-23H,12-13H2,1-2H3/t18-,20+,22+,23-/m0/s1. The monoisotopic (exact) mass is 429 g/mol. The molecular weight excluding hydrogens is 406 g/mol. The van der Waals surface area contributed by atoms with Crippen LogP contribution in [0, 0.1) is 30.6 Å². The highest BCUT2D eigenvalue weighted by Gasteiger charge is 2.60. The number of fused-ring (bicyclic) bond motifs is 5. The van der Waals surface area contributed by atoms with Gasteiger partial charge in [0, 0.05) is 5.56 Å². The van der Waals surface area contributed by atoms with E-state index in [2.05, 4.69) is 6.08 Å². The molecule has 5 rings (SSSR count). The number of imide groups is 1. The molecule has 1 heterocycles. The Hall–Kier alpha value is -3.54. The molecule has 2 fully saturated rings. The molecular formula is C26H23NO5. The molecule has 4 atom stereocenters. The summed E-state index contributed by atoms with van der Waals surface area (Å²) < 4.78 is 5.19. The zero-order valence-corrected chi connectivity index (χ0v) is 17.9. The van der Waals surface area contributed by atoms with E-state index in [4.69, 9.17) is 4.74 Å². The fourth-order valence-electron chi connectivity index (χ4n) is 5.34. The average molecular weight is 429 g/mol. The average Bonchev–Trinajstić information content (AvgIpc) is 3.42. The second kappa shape index (κ2) is 7.55. The third-order valence-corrected chi connectivity index (χ3v) is 6.93. The molecule has 0 spiro atoms. The molecule has 0 unspecified atom stereocenters. The number of aryl methyl sites for hydroxylation is 1. The number of ketones is 1. The maximum absolute atomic E-state index is 13.1. The van der Waals surface area contributed by atoms with Crippen molar-refractivity contribution in [1.29, 1.82) is 0 Å². The first kappa shape index (κ1) is 20.4. The third kappa shape index (κ3) is 3.18. The summed E-state index contributed by atoms with van der Waals surface area (Å²) in [5.41, 5.74) is 3.25. The molecule has 3 aliphatic rings. The first-order valence-electron chi connectivity index (χ1n) is 10.8. The topological polar surface area (TPSA) is 80.8 Å². The number of allylic oxidation sites excluding steroid dienone is 2. The van der Waals surface area contributed by atoms with Crippen molar-refractivity contribution in [2.75, 3.05) is 11.5 Å². The van der Waals surface area contributed by atoms with Gasteiger partial charge in [0.25, 0.3) is 0 Å². The van der Waals surface area contributed by atoms with Gasteiger partial charge in [-0.15, -0.1) is 0 Å². The summed E-state index contributed by atoms with van der Waals surface area (Å²) in [6.07, 6.45) is 2.99. The number of esters is 1. The number of carbonyl (C=O) groups excluding carboxylic acids is 4. The molecule has 2 bridgehead atoms. The van der Waals surface area contributed by atoms with E-state index in [1.54, 1.807) is 30.3 Å². The van der Waals surface area contributed by atoms with Crippen molar-refractivity contribution in [3.05, 3.63) is 76.9 Å². The van der Waals surface area contributed by atoms with Gasteiger partial charge >= 0.3 is 5.97 Å². The first-order valence-corrected chi connectivity index (χ1v) is 10.8. The Labute approximate surface area is 185 Å². The van der Waals surface area contributed by atoms with Crippen molar-refractivity contribution in [2.45, 2.75) is 20.3 Å². The smallest absolute Gasteiger partial charge is 0.338 e. The molecule has 2 aromatic carbocycles. The van der Waals surface area contributed by atoms with E-state index in [1.165, 1.54) is 16.5 Å². The lowest BCUT2D eigenvalue weighted by Gasteiger charge is -2.19. The fraction of sp³-hybridized carbons (Fsp3) is 0.308. The number of anilines is 1. The van der Waals surface area contributed by atoms with Gasteiger partial charge in [0.2, 0.25) is 11.8 Å². The summed E-state index contributed by atoms with van der Waals surface area (Å²) in [5, 5.41) is 0. The lowest BCUT2D eigenvalue weighted by atomic mass is 9.82. The number of hydrogen-bond acceptors (Lipinski definition) is 5. The predicted molar refractivity (Wildman–Crippen MR) is 117 cm³/mol. The summed E-state index contributed by atoms with van der Waals surface area (Å²) in [7, 11) is 0. The van der Waals surface area contributed by atoms with E-state index in [1.807, 2.05) is 26.0 Å². The Morgan fingerprint density at radius 2 is 1.69 bits per heavy atom. The van der Waals surface area contributed by atoms with Crippen LogP contribution in [0.15, 0.2) is 60.2 Å². The van der Waals surface area contributed by atoms with Crippen LogP contribution in [0.1, 0.15) is 39.6 Å². The fourth-order valence-corrected chi connectivity index (χ4v) is 5.34. The second-order valence-electron chi connectivity index (χ2n) is 8.90. The number of carbonyl (C=O) groups is 4. The Morgan fingerprint density at radius 3 is 2.44 bits per heavy atom. The van der Waals surface area contributed by atoms with E-state index in [0.29, 0.717) is 11.3 Å². The zero-order chi connectivity index (χ0) is 22.6. The Balaban J connectivity index is 1.30. The molecule has 0 N–H and O–H groups in total. The van der Waals surface area contributed by atoms with Gasteiger partial charge in [0.05, 0.1) is 23.1 Å².